The highest BCUT2D eigenvalue weighted by Crippen LogP contribution is 2.24. The minimum absolute atomic E-state index is 0.0547. The monoisotopic (exact) mass is 241 g/mol. The maximum Gasteiger partial charge on any atom is 0.152 e. The van der Waals surface area contributed by atoms with Gasteiger partial charge in [-0.3, -0.25) is 4.79 Å². The summed E-state index contributed by atoms with van der Waals surface area (Å²) in [5.74, 6) is 0. The Morgan fingerprint density at radius 3 is 2.69 bits per heavy atom. The molecule has 0 aromatic heterocycles. The van der Waals surface area contributed by atoms with E-state index in [1.807, 2.05) is 24.8 Å². The van der Waals surface area contributed by atoms with Gasteiger partial charge in [-0.1, -0.05) is 11.6 Å². The second-order valence-electron chi connectivity index (χ2n) is 3.83. The third-order valence-electron chi connectivity index (χ3n) is 2.39. The molecule has 0 aliphatic carbocycles. The lowest BCUT2D eigenvalue weighted by Gasteiger charge is -2.29. The largest absolute Gasteiger partial charge is 0.395 e. The van der Waals surface area contributed by atoms with Crippen LogP contribution in [0.1, 0.15) is 24.2 Å². The van der Waals surface area contributed by atoms with E-state index >= 15 is 0 Å². The maximum atomic E-state index is 11.0. The zero-order valence-corrected chi connectivity index (χ0v) is 10.2. The zero-order chi connectivity index (χ0) is 12.1. The number of nitrogens with zero attached hydrogens (tertiary/aromatic N) is 1. The Balaban J connectivity index is 3.12. The molecule has 0 aliphatic heterocycles. The lowest BCUT2D eigenvalue weighted by molar-refractivity contribution is 0.112. The molecule has 4 heteroatoms. The molecule has 0 heterocycles. The van der Waals surface area contributed by atoms with Crippen LogP contribution in [0.4, 0.5) is 5.69 Å². The number of hydrogen-bond donors (Lipinski definition) is 1. The highest BCUT2D eigenvalue weighted by molar-refractivity contribution is 6.31. The fourth-order valence-corrected chi connectivity index (χ4v) is 1.83. The fraction of sp³-hybridized carbons (Fsp3) is 0.417. The number of aldehydes is 1. The maximum absolute atomic E-state index is 11.0. The summed E-state index contributed by atoms with van der Waals surface area (Å²) in [7, 11) is 0. The predicted molar refractivity (Wildman–Crippen MR) is 66.4 cm³/mol. The molecule has 0 saturated carbocycles. The molecule has 0 atom stereocenters. The number of rotatable bonds is 5. The number of aliphatic hydroxyl groups excluding tert-OH is 1. The smallest absolute Gasteiger partial charge is 0.152 e. The zero-order valence-electron chi connectivity index (χ0n) is 9.48. The van der Waals surface area contributed by atoms with Crippen LogP contribution in [0.3, 0.4) is 0 Å². The Bertz CT molecular complexity index is 366. The van der Waals surface area contributed by atoms with Crippen molar-refractivity contribution in [3.8, 4) is 0 Å². The van der Waals surface area contributed by atoms with Crippen molar-refractivity contribution in [2.24, 2.45) is 0 Å². The molecule has 1 aromatic rings. The standard InChI is InChI=1S/C12H16ClNO2/c1-9(2)14(5-6-15)12-4-3-11(13)7-10(12)8-16/h3-4,7-9,15H,5-6H2,1-2H3. The number of hydrogen-bond acceptors (Lipinski definition) is 3. The molecule has 0 bridgehead atoms. The number of aliphatic hydroxyl groups is 1. The third kappa shape index (κ3) is 2.97. The van der Waals surface area contributed by atoms with E-state index in [2.05, 4.69) is 0 Å². The summed E-state index contributed by atoms with van der Waals surface area (Å²) in [5.41, 5.74) is 1.36. The summed E-state index contributed by atoms with van der Waals surface area (Å²) in [4.78, 5) is 12.9. The number of anilines is 1. The molecule has 16 heavy (non-hydrogen) atoms. The Labute approximate surface area is 101 Å². The Morgan fingerprint density at radius 2 is 2.19 bits per heavy atom. The van der Waals surface area contributed by atoms with Gasteiger partial charge in [0.15, 0.2) is 6.29 Å². The van der Waals surface area contributed by atoms with Crippen LogP contribution in [0.5, 0.6) is 0 Å². The van der Waals surface area contributed by atoms with Gasteiger partial charge in [-0.05, 0) is 32.0 Å². The van der Waals surface area contributed by atoms with E-state index in [0.717, 1.165) is 12.0 Å². The van der Waals surface area contributed by atoms with Crippen LogP contribution in [0.2, 0.25) is 5.02 Å². The number of carbonyl (C=O) groups excluding carboxylic acids is 1. The Hall–Kier alpha value is -1.06. The molecule has 0 spiro atoms. The van der Waals surface area contributed by atoms with Crippen molar-refractivity contribution in [3.63, 3.8) is 0 Å². The lowest BCUT2D eigenvalue weighted by atomic mass is 10.1. The molecule has 1 aromatic carbocycles. The summed E-state index contributed by atoms with van der Waals surface area (Å²) >= 11 is 5.83. The van der Waals surface area contributed by atoms with E-state index in [1.54, 1.807) is 12.1 Å². The van der Waals surface area contributed by atoms with Crippen LogP contribution in [0, 0.1) is 0 Å². The van der Waals surface area contributed by atoms with Crippen LogP contribution in [-0.2, 0) is 0 Å². The summed E-state index contributed by atoms with van der Waals surface area (Å²) in [6.45, 7) is 4.58. The summed E-state index contributed by atoms with van der Waals surface area (Å²) in [5, 5.41) is 9.55. The molecule has 1 N–H and O–H groups in total. The van der Waals surface area contributed by atoms with Crippen LogP contribution < -0.4 is 4.90 Å². The van der Waals surface area contributed by atoms with Crippen LogP contribution >= 0.6 is 11.6 Å². The van der Waals surface area contributed by atoms with Crippen LogP contribution in [-0.4, -0.2) is 30.6 Å². The molecular formula is C12H16ClNO2. The molecule has 3 nitrogen and oxygen atoms in total. The molecule has 88 valence electrons. The van der Waals surface area contributed by atoms with Crippen molar-refractivity contribution >= 4 is 23.6 Å². The second kappa shape index (κ2) is 5.87. The Morgan fingerprint density at radius 1 is 1.50 bits per heavy atom. The van der Waals surface area contributed by atoms with Gasteiger partial charge in [-0.15, -0.1) is 0 Å². The minimum Gasteiger partial charge on any atom is -0.395 e. The average molecular weight is 242 g/mol. The first-order chi connectivity index (χ1) is 7.60. The van der Waals surface area contributed by atoms with Crippen molar-refractivity contribution in [2.45, 2.75) is 19.9 Å². The van der Waals surface area contributed by atoms with Gasteiger partial charge in [0.25, 0.3) is 0 Å². The Kier molecular flexibility index (Phi) is 4.77. The quantitative estimate of drug-likeness (QED) is 0.805. The molecule has 0 unspecified atom stereocenters. The van der Waals surface area contributed by atoms with Crippen LogP contribution in [0.25, 0.3) is 0 Å². The van der Waals surface area contributed by atoms with Crippen molar-refractivity contribution in [1.82, 2.24) is 0 Å². The van der Waals surface area contributed by atoms with Gasteiger partial charge in [-0.25, -0.2) is 0 Å². The number of benzene rings is 1. The molecule has 0 amide bonds. The SMILES string of the molecule is CC(C)N(CCO)c1ccc(Cl)cc1C=O. The molecule has 0 aliphatic rings. The highest BCUT2D eigenvalue weighted by atomic mass is 35.5. The van der Waals surface area contributed by atoms with E-state index in [1.165, 1.54) is 0 Å². The lowest BCUT2D eigenvalue weighted by Crippen LogP contribution is -2.34. The molecule has 1 rings (SSSR count). The number of halogens is 1. The number of carbonyl (C=O) groups is 1. The van der Waals surface area contributed by atoms with Crippen LogP contribution in [0.15, 0.2) is 18.2 Å². The van der Waals surface area contributed by atoms with Gasteiger partial charge in [0.1, 0.15) is 0 Å². The van der Waals surface area contributed by atoms with Crippen molar-refractivity contribution < 1.29 is 9.90 Å². The molecular weight excluding hydrogens is 226 g/mol. The van der Waals surface area contributed by atoms with Crippen molar-refractivity contribution in [2.75, 3.05) is 18.1 Å². The molecule has 0 fully saturated rings. The highest BCUT2D eigenvalue weighted by Gasteiger charge is 2.13. The summed E-state index contributed by atoms with van der Waals surface area (Å²) < 4.78 is 0. The normalized spacial score (nSPS) is 10.6. The molecule has 0 saturated heterocycles. The third-order valence-corrected chi connectivity index (χ3v) is 2.63. The van der Waals surface area contributed by atoms with Gasteiger partial charge in [0, 0.05) is 28.9 Å². The van der Waals surface area contributed by atoms with Gasteiger partial charge in [0.05, 0.1) is 6.61 Å². The van der Waals surface area contributed by atoms with E-state index in [9.17, 15) is 4.79 Å². The van der Waals surface area contributed by atoms with Gasteiger partial charge in [-0.2, -0.15) is 0 Å². The first-order valence-corrected chi connectivity index (χ1v) is 5.60. The van der Waals surface area contributed by atoms with E-state index in [0.29, 0.717) is 17.1 Å². The summed E-state index contributed by atoms with van der Waals surface area (Å²) in [6.07, 6.45) is 0.786. The predicted octanol–water partition coefficient (Wildman–Crippen LogP) is 2.36. The van der Waals surface area contributed by atoms with Crippen molar-refractivity contribution in [3.05, 3.63) is 28.8 Å². The first kappa shape index (κ1) is 13.0. The fourth-order valence-electron chi connectivity index (χ4n) is 1.65. The van der Waals surface area contributed by atoms with Gasteiger partial charge < -0.3 is 10.0 Å². The topological polar surface area (TPSA) is 40.5 Å². The summed E-state index contributed by atoms with van der Waals surface area (Å²) in [6, 6.07) is 5.40. The van der Waals surface area contributed by atoms with E-state index in [4.69, 9.17) is 16.7 Å². The first-order valence-electron chi connectivity index (χ1n) is 5.22. The second-order valence-corrected chi connectivity index (χ2v) is 4.27. The van der Waals surface area contributed by atoms with E-state index in [-0.39, 0.29) is 12.6 Å². The molecule has 0 radical (unpaired) electrons. The van der Waals surface area contributed by atoms with Crippen molar-refractivity contribution in [1.29, 1.82) is 0 Å². The average Bonchev–Trinajstić information content (AvgIpc) is 2.26. The minimum atomic E-state index is 0.0547. The van der Waals surface area contributed by atoms with Gasteiger partial charge in [0.2, 0.25) is 0 Å². The van der Waals surface area contributed by atoms with E-state index < -0.39 is 0 Å². The van der Waals surface area contributed by atoms with Gasteiger partial charge >= 0.3 is 0 Å².